The number of H-pyrrole nitrogens is 4. The second-order valence-corrected chi connectivity index (χ2v) is 16.1. The van der Waals surface area contributed by atoms with Gasteiger partial charge < -0.3 is 20.2 Å². The molecule has 0 amide bonds. The van der Waals surface area contributed by atoms with Gasteiger partial charge in [-0.05, 0) is 81.0 Å². The lowest BCUT2D eigenvalue weighted by Crippen LogP contribution is -2.26. The Labute approximate surface area is 377 Å². The molecule has 0 fully saturated rings. The summed E-state index contributed by atoms with van der Waals surface area (Å²) in [6.45, 7) is 12.7. The van der Waals surface area contributed by atoms with E-state index in [1.807, 2.05) is 112 Å². The topological polar surface area (TPSA) is 169 Å². The van der Waals surface area contributed by atoms with Crippen LogP contribution in [0.25, 0.3) is 84.7 Å². The summed E-state index contributed by atoms with van der Waals surface area (Å²) < 4.78 is 31.7. The number of hydrogen-bond donors (Lipinski definition) is 5. The zero-order valence-corrected chi connectivity index (χ0v) is 36.7. The predicted molar refractivity (Wildman–Crippen MR) is 258 cm³/mol. The average Bonchev–Trinajstić information content (AvgIpc) is 4.13. The minimum atomic E-state index is -0.505. The van der Waals surface area contributed by atoms with Gasteiger partial charge in [-0.3, -0.25) is 25.1 Å². The Kier molecular flexibility index (Phi) is 11.9. The van der Waals surface area contributed by atoms with Gasteiger partial charge in [-0.1, -0.05) is 67.8 Å². The first kappa shape index (κ1) is 42.9. The Morgan fingerprint density at radius 2 is 1.47 bits per heavy atom. The Bertz CT molecular complexity index is 3510. The number of fused-ring (bicyclic) bond motifs is 3. The highest BCUT2D eigenvalue weighted by atomic mass is 19.1. The fourth-order valence-corrected chi connectivity index (χ4v) is 7.72. The van der Waals surface area contributed by atoms with Crippen LogP contribution in [0.4, 0.5) is 14.5 Å². The van der Waals surface area contributed by atoms with Gasteiger partial charge in [0.15, 0.2) is 17.5 Å². The number of benzene rings is 3. The highest BCUT2D eigenvalue weighted by molar-refractivity contribution is 5.96. The van der Waals surface area contributed by atoms with Gasteiger partial charge >= 0.3 is 0 Å². The van der Waals surface area contributed by atoms with Crippen LogP contribution in [-0.4, -0.2) is 74.3 Å². The molecule has 10 rings (SSSR count). The quantitative estimate of drug-likeness (QED) is 0.0851. The summed E-state index contributed by atoms with van der Waals surface area (Å²) in [6, 6.07) is 27.3. The number of imidazole rings is 2. The molecule has 0 radical (unpaired) electrons. The predicted octanol–water partition coefficient (Wildman–Crippen LogP) is 9.18. The monoisotopic (exact) mass is 877 g/mol. The van der Waals surface area contributed by atoms with Crippen molar-refractivity contribution >= 4 is 56.1 Å². The van der Waals surface area contributed by atoms with E-state index in [0.29, 0.717) is 74.3 Å². The number of nitrogens with one attached hydrogen (secondary N) is 5. The molecule has 13 nitrogen and oxygen atoms in total. The van der Waals surface area contributed by atoms with Crippen molar-refractivity contribution in [3.63, 3.8) is 0 Å². The van der Waals surface area contributed by atoms with Gasteiger partial charge in [0.1, 0.15) is 22.9 Å². The molecule has 10 aromatic rings. The van der Waals surface area contributed by atoms with Gasteiger partial charge in [0.25, 0.3) is 0 Å². The second-order valence-electron chi connectivity index (χ2n) is 16.1. The van der Waals surface area contributed by atoms with E-state index in [0.717, 1.165) is 44.5 Å². The van der Waals surface area contributed by atoms with E-state index in [1.54, 1.807) is 43.1 Å². The third-order valence-corrected chi connectivity index (χ3v) is 10.8. The van der Waals surface area contributed by atoms with E-state index in [2.05, 4.69) is 73.8 Å². The Morgan fingerprint density at radius 3 is 2.26 bits per heavy atom. The Balaban J connectivity index is 0.000000169. The number of aromatic amines is 4. The zero-order valence-electron chi connectivity index (χ0n) is 36.7. The van der Waals surface area contributed by atoms with Crippen LogP contribution < -0.4 is 15.9 Å². The molecular weight excluding hydrogens is 833 g/mol. The van der Waals surface area contributed by atoms with E-state index < -0.39 is 11.6 Å². The molecule has 7 heterocycles. The average molecular weight is 878 g/mol. The number of rotatable bonds is 11. The van der Waals surface area contributed by atoms with E-state index in [-0.39, 0.29) is 11.3 Å². The number of halogens is 2. The molecule has 0 aliphatic rings. The van der Waals surface area contributed by atoms with E-state index in [4.69, 9.17) is 0 Å². The fourth-order valence-electron chi connectivity index (χ4n) is 7.72. The second kappa shape index (κ2) is 18.3. The van der Waals surface area contributed by atoms with Crippen LogP contribution in [0.1, 0.15) is 29.2 Å². The molecule has 0 spiro atoms. The number of para-hydroxylation sites is 2. The summed E-state index contributed by atoms with van der Waals surface area (Å²) in [7, 11) is 3.95. The van der Waals surface area contributed by atoms with Crippen molar-refractivity contribution in [1.82, 2.24) is 60.2 Å². The lowest BCUT2D eigenvalue weighted by molar-refractivity contribution is 0.402. The molecule has 0 aliphatic heterocycles. The summed E-state index contributed by atoms with van der Waals surface area (Å²) in [4.78, 5) is 30.6. The van der Waals surface area contributed by atoms with Gasteiger partial charge in [0.05, 0.1) is 61.6 Å². The fraction of sp³-hybridized carbons (Fsp3) is 0.118. The SMILES string of the molecule is C=C(Cc1ccccc1)Nc1cncc(C(=C)/C(F)=c2/c(-c3nc4ccccc4[nH]3)n[nH]/c2=C/C)c1.Cc1ccc2nc(-c3n[nH]c4cnc(-c5cncc(CN(C)C)c5)c(F)c34)[nH]c2c1. The highest BCUT2D eigenvalue weighted by Gasteiger charge is 2.21. The van der Waals surface area contributed by atoms with Crippen molar-refractivity contribution in [2.24, 2.45) is 0 Å². The molecule has 66 heavy (non-hydrogen) atoms. The molecule has 0 bridgehead atoms. The van der Waals surface area contributed by atoms with Crippen LogP contribution in [0.2, 0.25) is 0 Å². The van der Waals surface area contributed by atoms with Crippen molar-refractivity contribution in [1.29, 1.82) is 0 Å². The van der Waals surface area contributed by atoms with Crippen LogP contribution in [0.15, 0.2) is 135 Å². The molecule has 0 saturated heterocycles. The van der Waals surface area contributed by atoms with Gasteiger partial charge in [-0.25, -0.2) is 18.7 Å². The molecule has 5 N–H and O–H groups in total. The maximum absolute atomic E-state index is 16.0. The molecule has 0 aliphatic carbocycles. The van der Waals surface area contributed by atoms with Crippen molar-refractivity contribution < 1.29 is 8.78 Å². The third-order valence-electron chi connectivity index (χ3n) is 10.8. The van der Waals surface area contributed by atoms with Crippen molar-refractivity contribution in [2.45, 2.75) is 26.8 Å². The number of allylic oxidation sites excluding steroid dienone is 2. The molecule has 7 aromatic heterocycles. The van der Waals surface area contributed by atoms with Gasteiger partial charge in [-0.15, -0.1) is 0 Å². The molecule has 328 valence electrons. The van der Waals surface area contributed by atoms with Gasteiger partial charge in [-0.2, -0.15) is 10.2 Å². The van der Waals surface area contributed by atoms with E-state index in [9.17, 15) is 0 Å². The lowest BCUT2D eigenvalue weighted by Gasteiger charge is -2.11. The number of pyridine rings is 3. The van der Waals surface area contributed by atoms with Crippen LogP contribution >= 0.6 is 0 Å². The third kappa shape index (κ3) is 8.87. The molecule has 3 aromatic carbocycles. The van der Waals surface area contributed by atoms with Crippen LogP contribution in [0.5, 0.6) is 0 Å². The van der Waals surface area contributed by atoms with Crippen molar-refractivity contribution in [2.75, 3.05) is 19.4 Å². The molecular formula is C51H45F2N13. The summed E-state index contributed by atoms with van der Waals surface area (Å²) in [5, 5.41) is 18.9. The minimum Gasteiger partial charge on any atom is -0.358 e. The molecule has 0 unspecified atom stereocenters. The highest BCUT2D eigenvalue weighted by Crippen LogP contribution is 2.33. The molecule has 15 heteroatoms. The van der Waals surface area contributed by atoms with Crippen molar-refractivity contribution in [3.05, 3.63) is 173 Å². The van der Waals surface area contributed by atoms with Gasteiger partial charge in [0, 0.05) is 54.0 Å². The largest absolute Gasteiger partial charge is 0.358 e. The summed E-state index contributed by atoms with van der Waals surface area (Å²) >= 11 is 0. The van der Waals surface area contributed by atoms with Crippen LogP contribution in [0.3, 0.4) is 0 Å². The smallest absolute Gasteiger partial charge is 0.161 e. The number of nitrogens with zero attached hydrogens (tertiary/aromatic N) is 8. The first-order valence-electron chi connectivity index (χ1n) is 21.1. The standard InChI is InChI=1S/C29H25FN6.C22H20FN7/c1-4-23-26(28(36-35-23)29-33-24-12-8-9-13-25(24)34-29)27(30)19(3)21-15-22(17-31-16-21)32-18(2)14-20-10-6-5-7-11-20;1-12-4-5-15-16(6-12)27-22(26-15)21-18-17(28-29-21)10-25-20(19(18)23)14-7-13(8-24-9-14)11-30(2)3/h4-13,15-17,32,35H,2-3,14H2,1H3,(H,33,34);4-10H,11H2,1-3H3,(H,26,27)(H,28,29)/b23-4+,27-26-;. The first-order chi connectivity index (χ1) is 32.0. The Morgan fingerprint density at radius 1 is 0.742 bits per heavy atom. The maximum Gasteiger partial charge on any atom is 0.161 e. The number of aryl methyl sites for hydroxylation is 1. The minimum absolute atomic E-state index is 0.196. The van der Waals surface area contributed by atoms with Crippen LogP contribution in [-0.2, 0) is 13.0 Å². The lowest BCUT2D eigenvalue weighted by atomic mass is 10.1. The maximum atomic E-state index is 16.0. The normalized spacial score (nSPS) is 12.2. The van der Waals surface area contributed by atoms with Crippen molar-refractivity contribution in [3.8, 4) is 34.3 Å². The number of hydrogen-bond acceptors (Lipinski definition) is 9. The molecule has 0 saturated carbocycles. The summed E-state index contributed by atoms with van der Waals surface area (Å²) in [6.07, 6.45) is 10.7. The number of anilines is 1. The number of aromatic nitrogens is 11. The summed E-state index contributed by atoms with van der Waals surface area (Å²) in [5.41, 5.74) is 11.0. The Hall–Kier alpha value is -8.43. The van der Waals surface area contributed by atoms with E-state index >= 15 is 8.78 Å². The van der Waals surface area contributed by atoms with Gasteiger partial charge in [0.2, 0.25) is 0 Å². The van der Waals surface area contributed by atoms with Crippen LogP contribution in [0, 0.1) is 12.7 Å². The van der Waals surface area contributed by atoms with E-state index in [1.165, 1.54) is 0 Å². The zero-order chi connectivity index (χ0) is 45.9. The molecule has 0 atom stereocenters. The summed E-state index contributed by atoms with van der Waals surface area (Å²) in [5.74, 6) is 0.0349. The first-order valence-corrected chi connectivity index (χ1v) is 21.1.